The normalized spacial score (nSPS) is 16.3. The first kappa shape index (κ1) is 15.7. The van der Waals surface area contributed by atoms with Crippen molar-refractivity contribution in [3.8, 4) is 0 Å². The summed E-state index contributed by atoms with van der Waals surface area (Å²) in [6.45, 7) is 3.73. The van der Waals surface area contributed by atoms with E-state index in [-0.39, 0.29) is 5.91 Å². The highest BCUT2D eigenvalue weighted by Gasteiger charge is 2.20. The Morgan fingerprint density at radius 2 is 1.96 bits per heavy atom. The van der Waals surface area contributed by atoms with Crippen molar-refractivity contribution in [1.29, 1.82) is 0 Å². The largest absolute Gasteiger partial charge is 0.353 e. The Morgan fingerprint density at radius 3 is 2.65 bits per heavy atom. The lowest BCUT2D eigenvalue weighted by molar-refractivity contribution is -0.122. The Labute approximate surface area is 137 Å². The van der Waals surface area contributed by atoms with Crippen LogP contribution in [0.2, 0.25) is 0 Å². The second kappa shape index (κ2) is 7.92. The first-order valence-electron chi connectivity index (χ1n) is 8.33. The van der Waals surface area contributed by atoms with Gasteiger partial charge in [-0.1, -0.05) is 30.3 Å². The second-order valence-electron chi connectivity index (χ2n) is 6.12. The summed E-state index contributed by atoms with van der Waals surface area (Å²) in [6.07, 6.45) is 6.17. The fourth-order valence-electron chi connectivity index (χ4n) is 3.03. The van der Waals surface area contributed by atoms with E-state index in [1.165, 1.54) is 5.56 Å². The maximum absolute atomic E-state index is 12.0. The molecule has 5 heteroatoms. The molecule has 3 rings (SSSR count). The summed E-state index contributed by atoms with van der Waals surface area (Å²) < 4.78 is 1.79. The third-order valence-corrected chi connectivity index (χ3v) is 4.33. The molecule has 122 valence electrons. The molecule has 1 N–H and O–H groups in total. The smallest absolute Gasteiger partial charge is 0.222 e. The summed E-state index contributed by atoms with van der Waals surface area (Å²) in [4.78, 5) is 14.5. The lowest BCUT2D eigenvalue weighted by atomic mass is 10.0. The van der Waals surface area contributed by atoms with Crippen molar-refractivity contribution in [3.05, 3.63) is 54.4 Å². The van der Waals surface area contributed by atoms with E-state index in [4.69, 9.17) is 0 Å². The molecule has 0 radical (unpaired) electrons. The van der Waals surface area contributed by atoms with Crippen LogP contribution in [0.15, 0.2) is 48.8 Å². The van der Waals surface area contributed by atoms with E-state index >= 15 is 0 Å². The standard InChI is InChI=1S/C18H24N4O/c23-18(9-14-22-11-4-10-19-22)20-17-7-12-21(13-8-17)15-16-5-2-1-3-6-16/h1-6,10-11,17H,7-9,12-15H2,(H,20,23). The van der Waals surface area contributed by atoms with Crippen LogP contribution in [0.3, 0.4) is 0 Å². The Hall–Kier alpha value is -2.14. The van der Waals surface area contributed by atoms with Gasteiger partial charge in [-0.15, -0.1) is 0 Å². The molecule has 0 atom stereocenters. The van der Waals surface area contributed by atoms with Gasteiger partial charge in [0.15, 0.2) is 0 Å². The number of likely N-dealkylation sites (tertiary alicyclic amines) is 1. The van der Waals surface area contributed by atoms with Gasteiger partial charge < -0.3 is 5.32 Å². The van der Waals surface area contributed by atoms with Crippen LogP contribution in [-0.2, 0) is 17.9 Å². The average Bonchev–Trinajstić information content (AvgIpc) is 3.09. The van der Waals surface area contributed by atoms with Crippen LogP contribution in [-0.4, -0.2) is 39.7 Å². The monoisotopic (exact) mass is 312 g/mol. The predicted molar refractivity (Wildman–Crippen MR) is 89.7 cm³/mol. The van der Waals surface area contributed by atoms with Crippen molar-refractivity contribution in [2.75, 3.05) is 13.1 Å². The van der Waals surface area contributed by atoms with Crippen LogP contribution in [0.4, 0.5) is 0 Å². The number of carbonyl (C=O) groups is 1. The van der Waals surface area contributed by atoms with Crippen LogP contribution in [0.5, 0.6) is 0 Å². The summed E-state index contributed by atoms with van der Waals surface area (Å²) >= 11 is 0. The minimum absolute atomic E-state index is 0.127. The van der Waals surface area contributed by atoms with E-state index in [2.05, 4.69) is 45.6 Å². The zero-order chi connectivity index (χ0) is 15.9. The molecular weight excluding hydrogens is 288 g/mol. The zero-order valence-corrected chi connectivity index (χ0v) is 13.4. The van der Waals surface area contributed by atoms with Crippen LogP contribution in [0.25, 0.3) is 0 Å². The van der Waals surface area contributed by atoms with Gasteiger partial charge in [-0.3, -0.25) is 14.4 Å². The van der Waals surface area contributed by atoms with Gasteiger partial charge in [0.1, 0.15) is 0 Å². The second-order valence-corrected chi connectivity index (χ2v) is 6.12. The fourth-order valence-corrected chi connectivity index (χ4v) is 3.03. The van der Waals surface area contributed by atoms with Crippen molar-refractivity contribution < 1.29 is 4.79 Å². The van der Waals surface area contributed by atoms with Gasteiger partial charge in [-0.2, -0.15) is 5.10 Å². The number of hydrogen-bond acceptors (Lipinski definition) is 3. The van der Waals surface area contributed by atoms with Crippen molar-refractivity contribution in [2.45, 2.75) is 38.4 Å². The van der Waals surface area contributed by atoms with E-state index in [0.717, 1.165) is 32.5 Å². The lowest BCUT2D eigenvalue weighted by Crippen LogP contribution is -2.44. The Bertz CT molecular complexity index is 589. The molecule has 1 saturated heterocycles. The molecule has 1 fully saturated rings. The van der Waals surface area contributed by atoms with Gasteiger partial charge in [0.25, 0.3) is 0 Å². The van der Waals surface area contributed by atoms with Crippen molar-refractivity contribution in [2.24, 2.45) is 0 Å². The molecule has 1 aliphatic heterocycles. The first-order chi connectivity index (χ1) is 11.3. The number of nitrogens with zero attached hydrogens (tertiary/aromatic N) is 3. The summed E-state index contributed by atoms with van der Waals surface area (Å²) in [5, 5.41) is 7.27. The lowest BCUT2D eigenvalue weighted by Gasteiger charge is -2.32. The van der Waals surface area contributed by atoms with Crippen molar-refractivity contribution in [1.82, 2.24) is 20.0 Å². The van der Waals surface area contributed by atoms with Gasteiger partial charge in [0.05, 0.1) is 0 Å². The topological polar surface area (TPSA) is 50.2 Å². The highest BCUT2D eigenvalue weighted by molar-refractivity contribution is 5.76. The molecule has 0 bridgehead atoms. The molecule has 0 saturated carbocycles. The number of aromatic nitrogens is 2. The molecule has 1 aromatic carbocycles. The number of hydrogen-bond donors (Lipinski definition) is 1. The van der Waals surface area contributed by atoms with Crippen LogP contribution in [0.1, 0.15) is 24.8 Å². The Morgan fingerprint density at radius 1 is 1.17 bits per heavy atom. The fraction of sp³-hybridized carbons (Fsp3) is 0.444. The Balaban J connectivity index is 1.36. The summed E-state index contributed by atoms with van der Waals surface area (Å²) in [7, 11) is 0. The number of rotatable bonds is 6. The van der Waals surface area contributed by atoms with E-state index in [1.807, 2.05) is 12.3 Å². The maximum Gasteiger partial charge on any atom is 0.222 e. The summed E-state index contributed by atoms with van der Waals surface area (Å²) in [5.41, 5.74) is 1.36. The number of nitrogens with one attached hydrogen (secondary N) is 1. The summed E-state index contributed by atoms with van der Waals surface area (Å²) in [5.74, 6) is 0.127. The molecule has 2 heterocycles. The molecular formula is C18H24N4O. The predicted octanol–water partition coefficient (Wildman–Crippen LogP) is 2.05. The molecule has 1 amide bonds. The molecule has 5 nitrogen and oxygen atoms in total. The minimum Gasteiger partial charge on any atom is -0.353 e. The first-order valence-corrected chi connectivity index (χ1v) is 8.33. The average molecular weight is 312 g/mol. The SMILES string of the molecule is O=C(CCn1cccn1)NC1CCN(Cc2ccccc2)CC1. The van der Waals surface area contributed by atoms with Gasteiger partial charge >= 0.3 is 0 Å². The summed E-state index contributed by atoms with van der Waals surface area (Å²) in [6, 6.07) is 12.7. The van der Waals surface area contributed by atoms with Gasteiger partial charge in [-0.05, 0) is 24.5 Å². The highest BCUT2D eigenvalue weighted by atomic mass is 16.1. The van der Waals surface area contributed by atoms with Gasteiger partial charge in [-0.25, -0.2) is 0 Å². The van der Waals surface area contributed by atoms with E-state index in [1.54, 1.807) is 10.9 Å². The minimum atomic E-state index is 0.127. The van der Waals surface area contributed by atoms with Crippen molar-refractivity contribution >= 4 is 5.91 Å². The molecule has 23 heavy (non-hydrogen) atoms. The van der Waals surface area contributed by atoms with Crippen molar-refractivity contribution in [3.63, 3.8) is 0 Å². The van der Waals surface area contributed by atoms with E-state index < -0.39 is 0 Å². The molecule has 2 aromatic rings. The van der Waals surface area contributed by atoms with E-state index in [0.29, 0.717) is 19.0 Å². The number of amides is 1. The maximum atomic E-state index is 12.0. The number of piperidine rings is 1. The molecule has 1 aromatic heterocycles. The number of carbonyl (C=O) groups excluding carboxylic acids is 1. The van der Waals surface area contributed by atoms with Gasteiger partial charge in [0.2, 0.25) is 5.91 Å². The molecule has 1 aliphatic rings. The zero-order valence-electron chi connectivity index (χ0n) is 13.4. The quantitative estimate of drug-likeness (QED) is 0.888. The van der Waals surface area contributed by atoms with Crippen LogP contribution < -0.4 is 5.32 Å². The van der Waals surface area contributed by atoms with E-state index in [9.17, 15) is 4.79 Å². The molecule has 0 spiro atoms. The van der Waals surface area contributed by atoms with Crippen LogP contribution >= 0.6 is 0 Å². The third-order valence-electron chi connectivity index (χ3n) is 4.33. The van der Waals surface area contributed by atoms with Crippen LogP contribution in [0, 0.1) is 0 Å². The molecule has 0 unspecified atom stereocenters. The number of benzene rings is 1. The molecule has 0 aliphatic carbocycles. The number of aryl methyl sites for hydroxylation is 1. The third kappa shape index (κ3) is 4.93. The van der Waals surface area contributed by atoms with Gasteiger partial charge in [0, 0.05) is 51.0 Å². The Kier molecular flexibility index (Phi) is 5.42. The highest BCUT2D eigenvalue weighted by Crippen LogP contribution is 2.14.